The van der Waals surface area contributed by atoms with Crippen LogP contribution >= 0.6 is 11.8 Å². The van der Waals surface area contributed by atoms with Crippen molar-refractivity contribution in [3.63, 3.8) is 0 Å². The summed E-state index contributed by atoms with van der Waals surface area (Å²) in [6.07, 6.45) is 0. The van der Waals surface area contributed by atoms with Gasteiger partial charge >= 0.3 is 5.97 Å². The first-order valence-electron chi connectivity index (χ1n) is 4.95. The zero-order valence-corrected chi connectivity index (χ0v) is 10.6. The molecule has 1 atom stereocenters. The van der Waals surface area contributed by atoms with Crippen molar-refractivity contribution in [3.05, 3.63) is 34.4 Å². The van der Waals surface area contributed by atoms with Crippen LogP contribution in [0.25, 0.3) is 0 Å². The van der Waals surface area contributed by atoms with Crippen LogP contribution in [0.3, 0.4) is 0 Å². The van der Waals surface area contributed by atoms with E-state index in [1.807, 2.05) is 0 Å². The molecular formula is C11H11NO5S. The third kappa shape index (κ3) is 3.56. The Balaban J connectivity index is 2.85. The van der Waals surface area contributed by atoms with Gasteiger partial charge in [-0.3, -0.25) is 19.7 Å². The van der Waals surface area contributed by atoms with E-state index in [2.05, 4.69) is 4.74 Å². The Morgan fingerprint density at radius 2 is 1.89 bits per heavy atom. The van der Waals surface area contributed by atoms with Gasteiger partial charge in [0.05, 0.1) is 12.0 Å². The topological polar surface area (TPSA) is 86.5 Å². The summed E-state index contributed by atoms with van der Waals surface area (Å²) in [6.45, 7) is 1.29. The van der Waals surface area contributed by atoms with Crippen LogP contribution in [-0.2, 0) is 14.3 Å². The summed E-state index contributed by atoms with van der Waals surface area (Å²) in [6, 6.07) is 5.61. The average Bonchev–Trinajstić information content (AvgIpc) is 2.35. The van der Waals surface area contributed by atoms with Gasteiger partial charge in [-0.05, 0) is 19.1 Å². The lowest BCUT2D eigenvalue weighted by atomic mass is 10.3. The van der Waals surface area contributed by atoms with Gasteiger partial charge in [0.2, 0.25) is 0 Å². The lowest BCUT2D eigenvalue weighted by Crippen LogP contribution is -2.25. The number of rotatable bonds is 5. The summed E-state index contributed by atoms with van der Waals surface area (Å²) >= 11 is 1.00. The monoisotopic (exact) mass is 269 g/mol. The largest absolute Gasteiger partial charge is 0.468 e. The molecule has 0 N–H and O–H groups in total. The number of ether oxygens (including phenoxy) is 1. The van der Waals surface area contributed by atoms with Crippen molar-refractivity contribution in [1.29, 1.82) is 0 Å². The quantitative estimate of drug-likeness (QED) is 0.266. The molecule has 0 aliphatic carbocycles. The molecule has 0 saturated carbocycles. The molecule has 1 unspecified atom stereocenters. The van der Waals surface area contributed by atoms with Crippen molar-refractivity contribution in [2.45, 2.75) is 17.1 Å². The van der Waals surface area contributed by atoms with Crippen molar-refractivity contribution in [2.24, 2.45) is 0 Å². The van der Waals surface area contributed by atoms with Crippen LogP contribution in [0.5, 0.6) is 0 Å². The van der Waals surface area contributed by atoms with E-state index in [1.165, 1.54) is 38.3 Å². The molecule has 7 heteroatoms. The maximum atomic E-state index is 11.4. The Hall–Kier alpha value is -1.89. The number of esters is 1. The van der Waals surface area contributed by atoms with Crippen molar-refractivity contribution in [1.82, 2.24) is 0 Å². The van der Waals surface area contributed by atoms with Crippen LogP contribution in [0.15, 0.2) is 29.2 Å². The molecule has 96 valence electrons. The Morgan fingerprint density at radius 1 is 1.33 bits per heavy atom. The second kappa shape index (κ2) is 6.15. The molecule has 1 rings (SSSR count). The number of thioether (sulfide) groups is 1. The van der Waals surface area contributed by atoms with Gasteiger partial charge in [0, 0.05) is 17.0 Å². The summed E-state index contributed by atoms with van der Waals surface area (Å²) < 4.78 is 4.52. The average molecular weight is 269 g/mol. The number of nitro groups is 1. The number of Topliss-reactive ketones (excluding diaryl/α,β-unsaturated/α-hetero) is 1. The Bertz CT molecular complexity index is 471. The molecule has 1 aromatic rings. The first kappa shape index (κ1) is 14.2. The van der Waals surface area contributed by atoms with E-state index >= 15 is 0 Å². The SMILES string of the molecule is COC(=O)C(Sc1ccc([N+](=O)[O-])cc1)C(C)=O. The van der Waals surface area contributed by atoms with Gasteiger partial charge < -0.3 is 4.74 Å². The molecular weight excluding hydrogens is 258 g/mol. The van der Waals surface area contributed by atoms with E-state index < -0.39 is 16.1 Å². The number of ketones is 1. The number of nitrogens with zero attached hydrogens (tertiary/aromatic N) is 1. The van der Waals surface area contributed by atoms with E-state index in [1.54, 1.807) is 0 Å². The maximum Gasteiger partial charge on any atom is 0.326 e. The predicted molar refractivity (Wildman–Crippen MR) is 65.4 cm³/mol. The molecule has 0 spiro atoms. The predicted octanol–water partition coefficient (Wildman–Crippen LogP) is 1.82. The fraction of sp³-hybridized carbons (Fsp3) is 0.273. The fourth-order valence-corrected chi connectivity index (χ4v) is 2.11. The summed E-state index contributed by atoms with van der Waals surface area (Å²) in [5, 5.41) is 9.52. The standard InChI is InChI=1S/C11H11NO5S/c1-7(13)10(11(14)17-2)18-9-5-3-8(4-6-9)12(15)16/h3-6,10H,1-2H3. The van der Waals surface area contributed by atoms with Gasteiger partial charge in [0.1, 0.15) is 0 Å². The molecule has 18 heavy (non-hydrogen) atoms. The second-order valence-electron chi connectivity index (χ2n) is 3.38. The minimum Gasteiger partial charge on any atom is -0.468 e. The van der Waals surface area contributed by atoms with Gasteiger partial charge in [-0.15, -0.1) is 11.8 Å². The van der Waals surface area contributed by atoms with Crippen molar-refractivity contribution in [3.8, 4) is 0 Å². The normalized spacial score (nSPS) is 11.7. The second-order valence-corrected chi connectivity index (χ2v) is 4.56. The molecule has 0 aromatic heterocycles. The van der Waals surface area contributed by atoms with E-state index in [4.69, 9.17) is 0 Å². The van der Waals surface area contributed by atoms with Crippen LogP contribution in [0.4, 0.5) is 5.69 Å². The highest BCUT2D eigenvalue weighted by Gasteiger charge is 2.25. The van der Waals surface area contributed by atoms with E-state index in [0.29, 0.717) is 4.90 Å². The number of carbonyl (C=O) groups is 2. The number of hydrogen-bond acceptors (Lipinski definition) is 6. The number of non-ortho nitro benzene ring substituents is 1. The van der Waals surface area contributed by atoms with Gasteiger partial charge in [0.25, 0.3) is 5.69 Å². The third-order valence-corrected chi connectivity index (χ3v) is 3.39. The number of carbonyl (C=O) groups excluding carboxylic acids is 2. The molecule has 1 aromatic carbocycles. The van der Waals surface area contributed by atoms with E-state index in [9.17, 15) is 19.7 Å². The van der Waals surface area contributed by atoms with Crippen LogP contribution in [0.2, 0.25) is 0 Å². The highest BCUT2D eigenvalue weighted by Crippen LogP contribution is 2.26. The minimum absolute atomic E-state index is 0.0446. The number of hydrogen-bond donors (Lipinski definition) is 0. The van der Waals surface area contributed by atoms with Gasteiger partial charge in [0.15, 0.2) is 11.0 Å². The lowest BCUT2D eigenvalue weighted by molar-refractivity contribution is -0.384. The molecule has 0 fully saturated rings. The Labute approximate surface area is 107 Å². The molecule has 0 bridgehead atoms. The van der Waals surface area contributed by atoms with Crippen molar-refractivity contribution >= 4 is 29.2 Å². The van der Waals surface area contributed by atoms with Crippen LogP contribution < -0.4 is 0 Å². The van der Waals surface area contributed by atoms with Crippen LogP contribution in [0, 0.1) is 10.1 Å². The summed E-state index contributed by atoms with van der Waals surface area (Å²) in [4.78, 5) is 33.2. The Kier molecular flexibility index (Phi) is 4.85. The fourth-order valence-electron chi connectivity index (χ4n) is 1.19. The molecule has 0 aliphatic heterocycles. The zero-order valence-electron chi connectivity index (χ0n) is 9.78. The molecule has 0 radical (unpaired) electrons. The summed E-state index contributed by atoms with van der Waals surface area (Å²) in [5.41, 5.74) is -0.0446. The molecule has 0 heterocycles. The number of methoxy groups -OCH3 is 1. The van der Waals surface area contributed by atoms with Gasteiger partial charge in [-0.2, -0.15) is 0 Å². The van der Waals surface area contributed by atoms with Crippen LogP contribution in [0.1, 0.15) is 6.92 Å². The summed E-state index contributed by atoms with van der Waals surface area (Å²) in [5.74, 6) is -0.962. The first-order chi connectivity index (χ1) is 8.45. The van der Waals surface area contributed by atoms with E-state index in [-0.39, 0.29) is 11.5 Å². The third-order valence-electron chi connectivity index (χ3n) is 2.09. The lowest BCUT2D eigenvalue weighted by Gasteiger charge is -2.10. The Morgan fingerprint density at radius 3 is 2.28 bits per heavy atom. The number of nitro benzene ring substituents is 1. The molecule has 6 nitrogen and oxygen atoms in total. The molecule has 0 aliphatic rings. The summed E-state index contributed by atoms with van der Waals surface area (Å²) in [7, 11) is 1.20. The number of benzene rings is 1. The van der Waals surface area contributed by atoms with Crippen molar-refractivity contribution < 1.29 is 19.2 Å². The van der Waals surface area contributed by atoms with E-state index in [0.717, 1.165) is 11.8 Å². The highest BCUT2D eigenvalue weighted by atomic mass is 32.2. The minimum atomic E-state index is -0.948. The molecule has 0 amide bonds. The van der Waals surface area contributed by atoms with Gasteiger partial charge in [-0.25, -0.2) is 0 Å². The zero-order chi connectivity index (χ0) is 13.7. The van der Waals surface area contributed by atoms with Gasteiger partial charge in [-0.1, -0.05) is 0 Å². The first-order valence-corrected chi connectivity index (χ1v) is 5.83. The smallest absolute Gasteiger partial charge is 0.326 e. The van der Waals surface area contributed by atoms with Crippen molar-refractivity contribution in [2.75, 3.05) is 7.11 Å². The molecule has 0 saturated heterocycles. The maximum absolute atomic E-state index is 11.4. The van der Waals surface area contributed by atoms with Crippen LogP contribution in [-0.4, -0.2) is 29.0 Å². The highest BCUT2D eigenvalue weighted by molar-refractivity contribution is 8.01.